The highest BCUT2D eigenvalue weighted by atomic mass is 15.1. The number of pyridine rings is 1. The number of hydrogen-bond acceptors (Lipinski definition) is 3. The van der Waals surface area contributed by atoms with Crippen LogP contribution >= 0.6 is 0 Å². The lowest BCUT2D eigenvalue weighted by Gasteiger charge is -2.20. The SMILES string of the molecule is CCCC1CCCN(Cc2ccnc(N)c2)CC1. The Morgan fingerprint density at radius 2 is 2.28 bits per heavy atom. The Bertz CT molecular complexity index is 365. The number of likely N-dealkylation sites (tertiary alicyclic amines) is 1. The molecule has 0 amide bonds. The van der Waals surface area contributed by atoms with E-state index < -0.39 is 0 Å². The van der Waals surface area contributed by atoms with Gasteiger partial charge in [-0.3, -0.25) is 4.90 Å². The fourth-order valence-corrected chi connectivity index (χ4v) is 2.93. The van der Waals surface area contributed by atoms with E-state index in [1.54, 1.807) is 0 Å². The smallest absolute Gasteiger partial charge is 0.123 e. The second kappa shape index (κ2) is 6.74. The molecule has 1 aromatic rings. The zero-order chi connectivity index (χ0) is 12.8. The van der Waals surface area contributed by atoms with Crippen LogP contribution in [0.1, 0.15) is 44.6 Å². The molecule has 2 rings (SSSR count). The maximum atomic E-state index is 5.73. The van der Waals surface area contributed by atoms with Crippen molar-refractivity contribution < 1.29 is 0 Å². The monoisotopic (exact) mass is 247 g/mol. The average molecular weight is 247 g/mol. The van der Waals surface area contributed by atoms with Crippen LogP contribution in [0.2, 0.25) is 0 Å². The van der Waals surface area contributed by atoms with E-state index in [2.05, 4.69) is 22.9 Å². The normalized spacial score (nSPS) is 21.7. The van der Waals surface area contributed by atoms with E-state index in [1.165, 1.54) is 50.8 Å². The molecule has 0 aliphatic carbocycles. The minimum absolute atomic E-state index is 0.631. The van der Waals surface area contributed by atoms with Crippen molar-refractivity contribution in [2.75, 3.05) is 18.8 Å². The van der Waals surface area contributed by atoms with E-state index in [9.17, 15) is 0 Å². The molecule has 0 radical (unpaired) electrons. The number of hydrogen-bond donors (Lipinski definition) is 1. The standard InChI is InChI=1S/C15H25N3/c1-2-4-13-5-3-9-18(10-7-13)12-14-6-8-17-15(16)11-14/h6,8,11,13H,2-5,7,9-10,12H2,1H3,(H2,16,17). The van der Waals surface area contributed by atoms with Crippen molar-refractivity contribution in [3.05, 3.63) is 23.9 Å². The van der Waals surface area contributed by atoms with Crippen LogP contribution in [-0.4, -0.2) is 23.0 Å². The molecule has 0 saturated carbocycles. The van der Waals surface area contributed by atoms with Gasteiger partial charge < -0.3 is 5.73 Å². The molecule has 0 bridgehead atoms. The summed E-state index contributed by atoms with van der Waals surface area (Å²) in [4.78, 5) is 6.61. The molecule has 2 heterocycles. The second-order valence-corrected chi connectivity index (χ2v) is 5.45. The van der Waals surface area contributed by atoms with Crippen LogP contribution in [-0.2, 0) is 6.54 Å². The predicted octanol–water partition coefficient (Wildman–Crippen LogP) is 3.07. The molecule has 1 fully saturated rings. The number of anilines is 1. The zero-order valence-electron chi connectivity index (χ0n) is 11.4. The van der Waals surface area contributed by atoms with Gasteiger partial charge in [0.05, 0.1) is 0 Å². The molecule has 1 saturated heterocycles. The first-order chi connectivity index (χ1) is 8.78. The zero-order valence-corrected chi connectivity index (χ0v) is 11.4. The van der Waals surface area contributed by atoms with Gasteiger partial charge in [0.2, 0.25) is 0 Å². The third-order valence-electron chi connectivity index (χ3n) is 3.89. The number of rotatable bonds is 4. The average Bonchev–Trinajstić information content (AvgIpc) is 2.56. The molecular weight excluding hydrogens is 222 g/mol. The second-order valence-electron chi connectivity index (χ2n) is 5.45. The maximum Gasteiger partial charge on any atom is 0.123 e. The summed E-state index contributed by atoms with van der Waals surface area (Å²) in [7, 11) is 0. The first kappa shape index (κ1) is 13.3. The fourth-order valence-electron chi connectivity index (χ4n) is 2.93. The van der Waals surface area contributed by atoms with Gasteiger partial charge in [-0.2, -0.15) is 0 Å². The molecular formula is C15H25N3. The minimum atomic E-state index is 0.631. The van der Waals surface area contributed by atoms with Crippen molar-refractivity contribution in [3.8, 4) is 0 Å². The van der Waals surface area contributed by atoms with Crippen LogP contribution in [0.3, 0.4) is 0 Å². The summed E-state index contributed by atoms with van der Waals surface area (Å²) >= 11 is 0. The molecule has 1 atom stereocenters. The largest absolute Gasteiger partial charge is 0.384 e. The third kappa shape index (κ3) is 3.98. The Balaban J connectivity index is 1.87. The van der Waals surface area contributed by atoms with Crippen LogP contribution in [0, 0.1) is 5.92 Å². The lowest BCUT2D eigenvalue weighted by atomic mass is 9.96. The summed E-state index contributed by atoms with van der Waals surface area (Å²) in [5.74, 6) is 1.58. The Morgan fingerprint density at radius 1 is 1.39 bits per heavy atom. The van der Waals surface area contributed by atoms with Gasteiger partial charge in [0.1, 0.15) is 5.82 Å². The summed E-state index contributed by atoms with van der Waals surface area (Å²) in [6.07, 6.45) is 8.63. The molecule has 3 nitrogen and oxygen atoms in total. The van der Waals surface area contributed by atoms with Gasteiger partial charge in [-0.15, -0.1) is 0 Å². The topological polar surface area (TPSA) is 42.2 Å². The summed E-state index contributed by atoms with van der Waals surface area (Å²) in [6.45, 7) is 5.77. The first-order valence-corrected chi connectivity index (χ1v) is 7.20. The highest BCUT2D eigenvalue weighted by molar-refractivity contribution is 5.31. The molecule has 18 heavy (non-hydrogen) atoms. The number of aromatic nitrogens is 1. The van der Waals surface area contributed by atoms with E-state index in [0.717, 1.165) is 12.5 Å². The van der Waals surface area contributed by atoms with Gasteiger partial charge >= 0.3 is 0 Å². The van der Waals surface area contributed by atoms with Gasteiger partial charge in [0, 0.05) is 12.7 Å². The molecule has 1 unspecified atom stereocenters. The predicted molar refractivity (Wildman–Crippen MR) is 76.2 cm³/mol. The Kier molecular flexibility index (Phi) is 5.00. The van der Waals surface area contributed by atoms with Gasteiger partial charge in [0.15, 0.2) is 0 Å². The lowest BCUT2D eigenvalue weighted by Crippen LogP contribution is -2.24. The molecule has 100 valence electrons. The van der Waals surface area contributed by atoms with E-state index in [0.29, 0.717) is 5.82 Å². The van der Waals surface area contributed by atoms with Crippen LogP contribution in [0.15, 0.2) is 18.3 Å². The van der Waals surface area contributed by atoms with E-state index >= 15 is 0 Å². The van der Waals surface area contributed by atoms with Crippen LogP contribution in [0.4, 0.5) is 5.82 Å². The molecule has 1 aliphatic heterocycles. The molecule has 0 aromatic carbocycles. The summed E-state index contributed by atoms with van der Waals surface area (Å²) < 4.78 is 0. The molecule has 1 aliphatic rings. The van der Waals surface area contributed by atoms with Crippen molar-refractivity contribution in [1.82, 2.24) is 9.88 Å². The fraction of sp³-hybridized carbons (Fsp3) is 0.667. The van der Waals surface area contributed by atoms with Gasteiger partial charge in [0.25, 0.3) is 0 Å². The molecule has 1 aromatic heterocycles. The van der Waals surface area contributed by atoms with Gasteiger partial charge in [-0.1, -0.05) is 19.8 Å². The van der Waals surface area contributed by atoms with Gasteiger partial charge in [-0.25, -0.2) is 4.98 Å². The van der Waals surface area contributed by atoms with Crippen molar-refractivity contribution in [3.63, 3.8) is 0 Å². The summed E-state index contributed by atoms with van der Waals surface area (Å²) in [5.41, 5.74) is 7.01. The van der Waals surface area contributed by atoms with Crippen molar-refractivity contribution in [2.24, 2.45) is 5.92 Å². The highest BCUT2D eigenvalue weighted by Gasteiger charge is 2.16. The number of nitrogens with zero attached hydrogens (tertiary/aromatic N) is 2. The highest BCUT2D eigenvalue weighted by Crippen LogP contribution is 2.22. The number of nitrogen functional groups attached to an aromatic ring is 1. The van der Waals surface area contributed by atoms with Gasteiger partial charge in [-0.05, 0) is 56.0 Å². The van der Waals surface area contributed by atoms with Crippen LogP contribution < -0.4 is 5.73 Å². The Hall–Kier alpha value is -1.09. The first-order valence-electron chi connectivity index (χ1n) is 7.20. The van der Waals surface area contributed by atoms with Crippen LogP contribution in [0.5, 0.6) is 0 Å². The summed E-state index contributed by atoms with van der Waals surface area (Å²) in [5, 5.41) is 0. The van der Waals surface area contributed by atoms with Crippen molar-refractivity contribution in [2.45, 2.75) is 45.6 Å². The number of nitrogens with two attached hydrogens (primary N) is 1. The van der Waals surface area contributed by atoms with Crippen LogP contribution in [0.25, 0.3) is 0 Å². The van der Waals surface area contributed by atoms with E-state index in [-0.39, 0.29) is 0 Å². The lowest BCUT2D eigenvalue weighted by molar-refractivity contribution is 0.271. The quantitative estimate of drug-likeness (QED) is 0.889. The van der Waals surface area contributed by atoms with E-state index in [1.807, 2.05) is 12.3 Å². The third-order valence-corrected chi connectivity index (χ3v) is 3.89. The Morgan fingerprint density at radius 3 is 3.06 bits per heavy atom. The Labute approximate surface area is 110 Å². The minimum Gasteiger partial charge on any atom is -0.384 e. The molecule has 0 spiro atoms. The van der Waals surface area contributed by atoms with Crippen molar-refractivity contribution >= 4 is 5.82 Å². The van der Waals surface area contributed by atoms with E-state index in [4.69, 9.17) is 5.73 Å². The summed E-state index contributed by atoms with van der Waals surface area (Å²) in [6, 6.07) is 4.07. The van der Waals surface area contributed by atoms with Crippen molar-refractivity contribution in [1.29, 1.82) is 0 Å². The molecule has 3 heteroatoms. The molecule has 2 N–H and O–H groups in total. The maximum absolute atomic E-state index is 5.73.